The Morgan fingerprint density at radius 2 is 1.67 bits per heavy atom. The Morgan fingerprint density at radius 3 is 2.30 bits per heavy atom. The molecule has 27 heavy (non-hydrogen) atoms. The summed E-state index contributed by atoms with van der Waals surface area (Å²) in [6.07, 6.45) is 0. The molecule has 0 aliphatic rings. The summed E-state index contributed by atoms with van der Waals surface area (Å²) in [5.41, 5.74) is 3.38. The number of Topliss-reactive ketones (excluding diaryl/α,β-unsaturated/α-hetero) is 1. The van der Waals surface area contributed by atoms with Crippen molar-refractivity contribution in [1.29, 1.82) is 0 Å². The van der Waals surface area contributed by atoms with Crippen LogP contribution in [0.3, 0.4) is 0 Å². The van der Waals surface area contributed by atoms with E-state index in [1.165, 1.54) is 18.2 Å². The summed E-state index contributed by atoms with van der Waals surface area (Å²) in [7, 11) is 0. The van der Waals surface area contributed by atoms with E-state index in [0.29, 0.717) is 11.3 Å². The number of carboxylic acids is 1. The molecule has 0 amide bonds. The van der Waals surface area contributed by atoms with Crippen molar-refractivity contribution < 1.29 is 24.5 Å². The minimum absolute atomic E-state index is 0.0269. The number of phenols is 1. The first-order valence-electron chi connectivity index (χ1n) is 8.33. The van der Waals surface area contributed by atoms with Gasteiger partial charge in [0, 0.05) is 11.6 Å². The van der Waals surface area contributed by atoms with Crippen molar-refractivity contribution >= 4 is 11.8 Å². The number of ketones is 1. The van der Waals surface area contributed by atoms with E-state index in [9.17, 15) is 14.7 Å². The van der Waals surface area contributed by atoms with Crippen LogP contribution in [0, 0.1) is 0 Å². The van der Waals surface area contributed by atoms with Gasteiger partial charge in [-0.15, -0.1) is 0 Å². The summed E-state index contributed by atoms with van der Waals surface area (Å²) in [6.45, 7) is 1.82. The minimum Gasteiger partial charge on any atom is -0.507 e. The van der Waals surface area contributed by atoms with Crippen LogP contribution in [0.25, 0.3) is 11.1 Å². The Bertz CT molecular complexity index is 990. The van der Waals surface area contributed by atoms with Crippen molar-refractivity contribution in [3.63, 3.8) is 0 Å². The third kappa shape index (κ3) is 4.33. The number of carbonyl (C=O) groups is 2. The molecule has 0 aromatic heterocycles. The molecule has 3 rings (SSSR count). The number of aromatic hydroxyl groups is 1. The van der Waals surface area contributed by atoms with Crippen LogP contribution in [0.5, 0.6) is 11.5 Å². The maximum Gasteiger partial charge on any atom is 0.339 e. The number of rotatable bonds is 6. The molecular formula is C22H18O5. The molecule has 0 bridgehead atoms. The maximum absolute atomic E-state index is 11.5. The number of benzene rings is 3. The number of hydrogen-bond acceptors (Lipinski definition) is 4. The largest absolute Gasteiger partial charge is 0.507 e. The summed E-state index contributed by atoms with van der Waals surface area (Å²) in [5, 5.41) is 18.6. The SMILES string of the molecule is CC(=O)c1cccc(-c2ccc(COc3ccc(C(=O)O)c(O)c3)cc2)c1. The lowest BCUT2D eigenvalue weighted by Crippen LogP contribution is -1.99. The predicted molar refractivity (Wildman–Crippen MR) is 101 cm³/mol. The van der Waals surface area contributed by atoms with Crippen molar-refractivity contribution in [2.45, 2.75) is 13.5 Å². The van der Waals surface area contributed by atoms with Gasteiger partial charge in [-0.3, -0.25) is 4.79 Å². The lowest BCUT2D eigenvalue weighted by molar-refractivity contribution is 0.0693. The highest BCUT2D eigenvalue weighted by Gasteiger charge is 2.10. The van der Waals surface area contributed by atoms with Crippen LogP contribution in [-0.2, 0) is 6.61 Å². The first-order valence-corrected chi connectivity index (χ1v) is 8.33. The monoisotopic (exact) mass is 362 g/mol. The van der Waals surface area contributed by atoms with Crippen LogP contribution >= 0.6 is 0 Å². The molecule has 3 aromatic rings. The van der Waals surface area contributed by atoms with Gasteiger partial charge < -0.3 is 14.9 Å². The number of aromatic carboxylic acids is 1. The first-order chi connectivity index (χ1) is 12.9. The van der Waals surface area contributed by atoms with Crippen molar-refractivity contribution in [2.75, 3.05) is 0 Å². The molecule has 0 saturated heterocycles. The number of carboxylic acid groups (broad SMARTS) is 1. The van der Waals surface area contributed by atoms with Crippen LogP contribution in [0.1, 0.15) is 33.2 Å². The second-order valence-corrected chi connectivity index (χ2v) is 6.11. The molecule has 0 spiro atoms. The Kier molecular flexibility index (Phi) is 5.22. The van der Waals surface area contributed by atoms with E-state index < -0.39 is 5.97 Å². The quantitative estimate of drug-likeness (QED) is 0.629. The average molecular weight is 362 g/mol. The summed E-state index contributed by atoms with van der Waals surface area (Å²) in [6, 6.07) is 19.3. The Morgan fingerprint density at radius 1 is 0.926 bits per heavy atom. The Hall–Kier alpha value is -3.60. The van der Waals surface area contributed by atoms with Gasteiger partial charge in [-0.1, -0.05) is 42.5 Å². The molecule has 5 heteroatoms. The lowest BCUT2D eigenvalue weighted by atomic mass is 10.0. The summed E-state index contributed by atoms with van der Waals surface area (Å²) in [4.78, 5) is 22.4. The molecule has 5 nitrogen and oxygen atoms in total. The second-order valence-electron chi connectivity index (χ2n) is 6.11. The number of ether oxygens (including phenoxy) is 1. The van der Waals surface area contributed by atoms with Crippen molar-refractivity contribution in [3.05, 3.63) is 83.4 Å². The predicted octanol–water partition coefficient (Wildman–Crippen LogP) is 4.54. The van der Waals surface area contributed by atoms with Gasteiger partial charge in [0.1, 0.15) is 23.7 Å². The van der Waals surface area contributed by atoms with Crippen molar-refractivity contribution in [1.82, 2.24) is 0 Å². The normalized spacial score (nSPS) is 10.4. The number of carbonyl (C=O) groups excluding carboxylic acids is 1. The molecule has 0 unspecified atom stereocenters. The lowest BCUT2D eigenvalue weighted by Gasteiger charge is -2.09. The summed E-state index contributed by atoms with van der Waals surface area (Å²) in [5.74, 6) is -1.11. The van der Waals surface area contributed by atoms with Gasteiger partial charge in [-0.25, -0.2) is 4.79 Å². The molecule has 0 fully saturated rings. The van der Waals surface area contributed by atoms with Crippen molar-refractivity contribution in [2.24, 2.45) is 0 Å². The zero-order valence-electron chi connectivity index (χ0n) is 14.7. The van der Waals surface area contributed by atoms with Gasteiger partial charge in [0.2, 0.25) is 0 Å². The van der Waals surface area contributed by atoms with E-state index >= 15 is 0 Å². The van der Waals surface area contributed by atoms with Crippen LogP contribution in [-0.4, -0.2) is 22.0 Å². The van der Waals surface area contributed by atoms with Crippen LogP contribution in [0.4, 0.5) is 0 Å². The van der Waals surface area contributed by atoms with E-state index in [2.05, 4.69) is 0 Å². The fraction of sp³-hybridized carbons (Fsp3) is 0.0909. The van der Waals surface area contributed by atoms with Crippen LogP contribution in [0.2, 0.25) is 0 Å². The maximum atomic E-state index is 11.5. The van der Waals surface area contributed by atoms with E-state index in [4.69, 9.17) is 9.84 Å². The third-order valence-electron chi connectivity index (χ3n) is 4.16. The molecule has 0 radical (unpaired) electrons. The standard InChI is InChI=1S/C22H18O5/c1-14(23)17-3-2-4-18(11-17)16-7-5-15(6-8-16)13-27-19-9-10-20(22(25)26)21(24)12-19/h2-12,24H,13H2,1H3,(H,25,26). The van der Waals surface area contributed by atoms with E-state index in [0.717, 1.165) is 16.7 Å². The molecule has 0 heterocycles. The molecule has 0 atom stereocenters. The van der Waals surface area contributed by atoms with E-state index in [1.807, 2.05) is 42.5 Å². The molecule has 136 valence electrons. The molecule has 0 aliphatic heterocycles. The first kappa shape index (κ1) is 18.2. The minimum atomic E-state index is -1.19. The van der Waals surface area contributed by atoms with Gasteiger partial charge >= 0.3 is 5.97 Å². The Labute approximate surface area is 156 Å². The van der Waals surface area contributed by atoms with E-state index in [-0.39, 0.29) is 23.7 Å². The molecular weight excluding hydrogens is 344 g/mol. The molecule has 0 aliphatic carbocycles. The average Bonchev–Trinajstić information content (AvgIpc) is 2.66. The highest BCUT2D eigenvalue weighted by atomic mass is 16.5. The fourth-order valence-corrected chi connectivity index (χ4v) is 2.66. The molecule has 0 saturated carbocycles. The molecule has 2 N–H and O–H groups in total. The topological polar surface area (TPSA) is 83.8 Å². The molecule has 3 aromatic carbocycles. The van der Waals surface area contributed by atoms with Gasteiger partial charge in [-0.2, -0.15) is 0 Å². The van der Waals surface area contributed by atoms with E-state index in [1.54, 1.807) is 13.0 Å². The van der Waals surface area contributed by atoms with Crippen molar-refractivity contribution in [3.8, 4) is 22.6 Å². The number of hydrogen-bond donors (Lipinski definition) is 2. The third-order valence-corrected chi connectivity index (χ3v) is 4.16. The van der Waals surface area contributed by atoms with Gasteiger partial charge in [0.25, 0.3) is 0 Å². The summed E-state index contributed by atoms with van der Waals surface area (Å²) >= 11 is 0. The van der Waals surface area contributed by atoms with Gasteiger partial charge in [0.05, 0.1) is 0 Å². The zero-order chi connectivity index (χ0) is 19.4. The second kappa shape index (κ2) is 7.74. The Balaban J connectivity index is 1.69. The highest BCUT2D eigenvalue weighted by molar-refractivity contribution is 5.95. The fourth-order valence-electron chi connectivity index (χ4n) is 2.66. The summed E-state index contributed by atoms with van der Waals surface area (Å²) < 4.78 is 5.61. The smallest absolute Gasteiger partial charge is 0.339 e. The van der Waals surface area contributed by atoms with Gasteiger partial charge in [0.15, 0.2) is 5.78 Å². The van der Waals surface area contributed by atoms with Crippen LogP contribution in [0.15, 0.2) is 66.7 Å². The van der Waals surface area contributed by atoms with Gasteiger partial charge in [-0.05, 0) is 41.8 Å². The highest BCUT2D eigenvalue weighted by Crippen LogP contribution is 2.25. The van der Waals surface area contributed by atoms with Crippen LogP contribution < -0.4 is 4.74 Å². The zero-order valence-corrected chi connectivity index (χ0v) is 14.7.